The van der Waals surface area contributed by atoms with Crippen LogP contribution in [-0.2, 0) is 0 Å². The molecule has 2 N–H and O–H groups in total. The van der Waals surface area contributed by atoms with Gasteiger partial charge in [-0.3, -0.25) is 5.32 Å². The summed E-state index contributed by atoms with van der Waals surface area (Å²) in [6.45, 7) is 6.49. The maximum Gasteiger partial charge on any atom is 0.128 e. The summed E-state index contributed by atoms with van der Waals surface area (Å²) < 4.78 is 29.0. The van der Waals surface area contributed by atoms with E-state index in [1.807, 2.05) is 0 Å². The van der Waals surface area contributed by atoms with E-state index in [0.717, 1.165) is 37.2 Å². The van der Waals surface area contributed by atoms with Crippen molar-refractivity contribution >= 4 is 0 Å². The van der Waals surface area contributed by atoms with Crippen LogP contribution in [0.3, 0.4) is 0 Å². The Bertz CT molecular complexity index is 333. The molecule has 0 bridgehead atoms. The number of alkyl halides is 2. The van der Waals surface area contributed by atoms with Gasteiger partial charge in [0.15, 0.2) is 0 Å². The van der Waals surface area contributed by atoms with Gasteiger partial charge in [0.05, 0.1) is 19.0 Å². The van der Waals surface area contributed by atoms with Gasteiger partial charge in [0, 0.05) is 6.42 Å². The third-order valence-corrected chi connectivity index (χ3v) is 5.17. The minimum atomic E-state index is -0.966. The highest BCUT2D eigenvalue weighted by molar-refractivity contribution is 4.84. The fraction of sp³-hybridized carbons (Fsp3) is 1.00. The molecule has 0 aromatic carbocycles. The summed E-state index contributed by atoms with van der Waals surface area (Å²) >= 11 is 0. The molecule has 2 aliphatic heterocycles. The van der Waals surface area contributed by atoms with Crippen LogP contribution < -0.4 is 10.7 Å². The van der Waals surface area contributed by atoms with Crippen LogP contribution in [0.2, 0.25) is 0 Å². The Morgan fingerprint density at radius 3 is 2.70 bits per heavy atom. The number of rotatable bonds is 4. The second kappa shape index (κ2) is 5.83. The number of hydrazine groups is 1. The van der Waals surface area contributed by atoms with Crippen molar-refractivity contribution in [2.75, 3.05) is 32.7 Å². The van der Waals surface area contributed by atoms with E-state index in [1.165, 1.54) is 0 Å². The second-order valence-corrected chi connectivity index (χ2v) is 6.53. The highest BCUT2D eigenvalue weighted by Crippen LogP contribution is 2.35. The molecule has 6 heteroatoms. The van der Waals surface area contributed by atoms with Gasteiger partial charge in [-0.2, -0.15) is 5.43 Å². The number of quaternary nitrogens is 1. The predicted molar refractivity (Wildman–Crippen MR) is 73.9 cm³/mol. The van der Waals surface area contributed by atoms with Crippen LogP contribution in [0, 0.1) is 5.92 Å². The fourth-order valence-electron chi connectivity index (χ4n) is 4.19. The summed E-state index contributed by atoms with van der Waals surface area (Å²) in [5.41, 5.74) is 3.46. The molecule has 4 nitrogen and oxygen atoms in total. The van der Waals surface area contributed by atoms with Crippen molar-refractivity contribution in [3.8, 4) is 0 Å². The second-order valence-electron chi connectivity index (χ2n) is 6.53. The van der Waals surface area contributed by atoms with Gasteiger partial charge >= 0.3 is 0 Å². The first-order chi connectivity index (χ1) is 9.64. The van der Waals surface area contributed by atoms with E-state index in [0.29, 0.717) is 25.8 Å². The molecular weight excluding hydrogens is 262 g/mol. The molecule has 4 unspecified atom stereocenters. The van der Waals surface area contributed by atoms with Crippen molar-refractivity contribution in [3.05, 3.63) is 0 Å². The summed E-state index contributed by atoms with van der Waals surface area (Å²) in [6.07, 6.45) is 1.18. The quantitative estimate of drug-likeness (QED) is 0.765. The van der Waals surface area contributed by atoms with E-state index in [-0.39, 0.29) is 6.17 Å². The Hall–Kier alpha value is -0.300. The average Bonchev–Trinajstić information content (AvgIpc) is 2.91. The Morgan fingerprint density at radius 2 is 2.00 bits per heavy atom. The average molecular weight is 289 g/mol. The van der Waals surface area contributed by atoms with Gasteiger partial charge in [0.25, 0.3) is 0 Å². The maximum atomic E-state index is 14.1. The number of likely N-dealkylation sites (N-methyl/N-ethyl adjacent to an activating group) is 1. The fourth-order valence-corrected chi connectivity index (χ4v) is 4.19. The topological polar surface area (TPSA) is 27.3 Å². The zero-order chi connectivity index (χ0) is 14.2. The van der Waals surface area contributed by atoms with Crippen molar-refractivity contribution in [1.82, 2.24) is 15.9 Å². The van der Waals surface area contributed by atoms with Crippen molar-refractivity contribution < 1.29 is 13.4 Å². The van der Waals surface area contributed by atoms with E-state index in [2.05, 4.69) is 22.8 Å². The van der Waals surface area contributed by atoms with Crippen LogP contribution in [-0.4, -0.2) is 60.9 Å². The van der Waals surface area contributed by atoms with Crippen LogP contribution >= 0.6 is 0 Å². The van der Waals surface area contributed by atoms with Gasteiger partial charge in [0.1, 0.15) is 31.6 Å². The zero-order valence-electron chi connectivity index (χ0n) is 12.3. The smallest absolute Gasteiger partial charge is 0.128 e. The Kier molecular flexibility index (Phi) is 4.26. The van der Waals surface area contributed by atoms with Crippen molar-refractivity contribution in [1.29, 1.82) is 0 Å². The lowest BCUT2D eigenvalue weighted by molar-refractivity contribution is -1.02. The third-order valence-electron chi connectivity index (χ3n) is 5.17. The molecule has 2 saturated heterocycles. The van der Waals surface area contributed by atoms with Gasteiger partial charge in [-0.1, -0.05) is 12.0 Å². The predicted octanol–water partition coefficient (Wildman–Crippen LogP) is 1.35. The number of nitrogens with one attached hydrogen (secondary N) is 2. The third kappa shape index (κ3) is 2.58. The van der Waals surface area contributed by atoms with Crippen molar-refractivity contribution in [2.45, 2.75) is 51.1 Å². The monoisotopic (exact) mass is 289 g/mol. The Balaban J connectivity index is 1.70. The normalized spacial score (nSPS) is 45.8. The van der Waals surface area contributed by atoms with Gasteiger partial charge < -0.3 is 0 Å². The van der Waals surface area contributed by atoms with Crippen LogP contribution in [0.15, 0.2) is 0 Å². The van der Waals surface area contributed by atoms with Gasteiger partial charge in [-0.05, 0) is 25.8 Å². The van der Waals surface area contributed by atoms with Crippen LogP contribution in [0.5, 0.6) is 0 Å². The van der Waals surface area contributed by atoms with E-state index in [9.17, 15) is 8.78 Å². The molecule has 0 amide bonds. The SMILES string of the molecule is CCNC1C[N+]2(CC3C(F)CCCC3F)CCCN2N1. The van der Waals surface area contributed by atoms with Crippen molar-refractivity contribution in [2.24, 2.45) is 5.92 Å². The van der Waals surface area contributed by atoms with Gasteiger partial charge in [-0.25, -0.2) is 13.4 Å². The minimum Gasteiger partial charge on any atom is -0.296 e. The highest BCUT2D eigenvalue weighted by Gasteiger charge is 2.52. The number of hydrogen-bond acceptors (Lipinski definition) is 3. The van der Waals surface area contributed by atoms with E-state index < -0.39 is 18.3 Å². The van der Waals surface area contributed by atoms with Crippen LogP contribution in [0.4, 0.5) is 8.78 Å². The molecule has 3 aliphatic rings. The molecular formula is C14H27F2N4+. The van der Waals surface area contributed by atoms with Crippen LogP contribution in [0.1, 0.15) is 32.6 Å². The summed E-state index contributed by atoms with van der Waals surface area (Å²) in [6, 6.07) is 0. The molecule has 0 aromatic heterocycles. The summed E-state index contributed by atoms with van der Waals surface area (Å²) in [4.78, 5) is 0. The first kappa shape index (κ1) is 14.6. The Morgan fingerprint density at radius 1 is 1.25 bits per heavy atom. The molecule has 1 saturated carbocycles. The standard InChI is InChI=1S/C14H27F2N4/c1-2-17-14-10-20(8-4-7-19(20)18-14)9-11-12(15)5-3-6-13(11)16/h11-14,17-18H,2-10H2,1H3/q+1. The maximum absolute atomic E-state index is 14.1. The molecule has 0 aromatic rings. The van der Waals surface area contributed by atoms with Crippen LogP contribution in [0.25, 0.3) is 0 Å². The first-order valence-corrected chi connectivity index (χ1v) is 8.06. The van der Waals surface area contributed by atoms with Crippen molar-refractivity contribution in [3.63, 3.8) is 0 Å². The number of halogens is 2. The van der Waals surface area contributed by atoms with E-state index in [1.54, 1.807) is 0 Å². The molecule has 20 heavy (non-hydrogen) atoms. The number of hydrogen-bond donors (Lipinski definition) is 2. The molecule has 116 valence electrons. The molecule has 0 radical (unpaired) electrons. The Labute approximate surface area is 120 Å². The first-order valence-electron chi connectivity index (χ1n) is 8.06. The highest BCUT2D eigenvalue weighted by atomic mass is 19.1. The van der Waals surface area contributed by atoms with Gasteiger partial charge in [-0.15, -0.1) is 0 Å². The minimum absolute atomic E-state index is 0.236. The summed E-state index contributed by atoms with van der Waals surface area (Å²) in [5.74, 6) is -0.425. The summed E-state index contributed by atoms with van der Waals surface area (Å²) in [7, 11) is 0. The van der Waals surface area contributed by atoms with E-state index in [4.69, 9.17) is 0 Å². The van der Waals surface area contributed by atoms with E-state index >= 15 is 0 Å². The van der Waals surface area contributed by atoms with Gasteiger partial charge in [0.2, 0.25) is 0 Å². The zero-order valence-corrected chi connectivity index (χ0v) is 12.3. The molecule has 0 spiro atoms. The molecule has 4 atom stereocenters. The molecule has 3 rings (SSSR count). The summed E-state index contributed by atoms with van der Waals surface area (Å²) in [5, 5.41) is 5.61. The molecule has 2 heterocycles. The molecule has 3 fully saturated rings. The lowest BCUT2D eigenvalue weighted by Gasteiger charge is -2.39. The lowest BCUT2D eigenvalue weighted by Crippen LogP contribution is -2.58. The lowest BCUT2D eigenvalue weighted by atomic mass is 9.85. The number of fused-ring (bicyclic) bond motifs is 1. The largest absolute Gasteiger partial charge is 0.296 e. The number of nitrogens with zero attached hydrogens (tertiary/aromatic N) is 2. The molecule has 1 aliphatic carbocycles.